The van der Waals surface area contributed by atoms with Gasteiger partial charge in [-0.1, -0.05) is 0 Å². The molecule has 0 aliphatic heterocycles. The second-order valence-corrected chi connectivity index (χ2v) is 5.77. The number of aldehydes is 1. The smallest absolute Gasteiger partial charge is 0.297 e. The van der Waals surface area contributed by atoms with Crippen molar-refractivity contribution < 1.29 is 18.0 Å². The van der Waals surface area contributed by atoms with E-state index in [-0.39, 0.29) is 21.6 Å². The number of alkyl halides is 3. The highest BCUT2D eigenvalue weighted by Crippen LogP contribution is 2.27. The van der Waals surface area contributed by atoms with E-state index in [2.05, 4.69) is 0 Å². The maximum Gasteiger partial charge on any atom is 0.390 e. The van der Waals surface area contributed by atoms with Crippen LogP contribution in [0.2, 0.25) is 0 Å². The zero-order valence-corrected chi connectivity index (χ0v) is 12.7. The fraction of sp³-hybridized carbons (Fsp3) is 0.462. The molecule has 0 aromatic carbocycles. The summed E-state index contributed by atoms with van der Waals surface area (Å²) in [5.41, 5.74) is -0.974. The number of aryl methyl sites for hydroxylation is 2. The van der Waals surface area contributed by atoms with Gasteiger partial charge in [-0.3, -0.25) is 18.7 Å². The molecule has 0 N–H and O–H groups in total. The van der Waals surface area contributed by atoms with Crippen molar-refractivity contribution in [3.05, 3.63) is 31.3 Å². The number of hydrogen-bond donors (Lipinski definition) is 0. The van der Waals surface area contributed by atoms with Crippen molar-refractivity contribution in [2.75, 3.05) is 0 Å². The third-order valence-corrected chi connectivity index (χ3v) is 4.61. The Bertz CT molecular complexity index is 845. The van der Waals surface area contributed by atoms with Gasteiger partial charge in [0.15, 0.2) is 6.29 Å². The summed E-state index contributed by atoms with van der Waals surface area (Å²) in [6, 6.07) is 0. The van der Waals surface area contributed by atoms with E-state index in [0.29, 0.717) is 11.8 Å². The molecule has 0 saturated heterocycles. The van der Waals surface area contributed by atoms with Crippen molar-refractivity contribution in [2.24, 2.45) is 0 Å². The van der Waals surface area contributed by atoms with Crippen molar-refractivity contribution in [2.45, 2.75) is 39.5 Å². The Morgan fingerprint density at radius 3 is 2.36 bits per heavy atom. The Labute approximate surface area is 126 Å². The van der Waals surface area contributed by atoms with Crippen molar-refractivity contribution in [1.82, 2.24) is 9.13 Å². The Kier molecular flexibility index (Phi) is 4.28. The highest BCUT2D eigenvalue weighted by Gasteiger charge is 2.28. The fourth-order valence-electron chi connectivity index (χ4n) is 2.24. The van der Waals surface area contributed by atoms with E-state index in [1.165, 1.54) is 0 Å². The Morgan fingerprint density at radius 1 is 1.23 bits per heavy atom. The van der Waals surface area contributed by atoms with Crippen LogP contribution in [-0.4, -0.2) is 21.6 Å². The molecule has 0 spiro atoms. The van der Waals surface area contributed by atoms with Crippen molar-refractivity contribution in [1.29, 1.82) is 0 Å². The molecule has 9 heteroatoms. The number of carbonyl (C=O) groups is 1. The van der Waals surface area contributed by atoms with E-state index in [1.54, 1.807) is 13.8 Å². The molecule has 0 radical (unpaired) electrons. The minimum absolute atomic E-state index is 0.0470. The van der Waals surface area contributed by atoms with Gasteiger partial charge in [0.1, 0.15) is 4.83 Å². The van der Waals surface area contributed by atoms with Gasteiger partial charge in [-0.2, -0.15) is 13.2 Å². The predicted molar refractivity (Wildman–Crippen MR) is 76.8 cm³/mol. The number of hydrogen-bond acceptors (Lipinski definition) is 4. The monoisotopic (exact) mass is 334 g/mol. The number of halogens is 3. The van der Waals surface area contributed by atoms with E-state index in [1.807, 2.05) is 0 Å². The largest absolute Gasteiger partial charge is 0.390 e. The minimum Gasteiger partial charge on any atom is -0.297 e. The normalized spacial score (nSPS) is 12.0. The number of thiophene rings is 1. The molecule has 5 nitrogen and oxygen atoms in total. The summed E-state index contributed by atoms with van der Waals surface area (Å²) in [7, 11) is 0. The number of rotatable bonds is 4. The van der Waals surface area contributed by atoms with Crippen LogP contribution in [0.1, 0.15) is 28.6 Å². The average Bonchev–Trinajstić information content (AvgIpc) is 2.75. The lowest BCUT2D eigenvalue weighted by Gasteiger charge is -2.12. The predicted octanol–water partition coefficient (Wildman–Crippen LogP) is 2.32. The second-order valence-electron chi connectivity index (χ2n) is 4.74. The van der Waals surface area contributed by atoms with Crippen molar-refractivity contribution >= 4 is 27.8 Å². The summed E-state index contributed by atoms with van der Waals surface area (Å²) in [5.74, 6) is 0. The van der Waals surface area contributed by atoms with Gasteiger partial charge in [0.05, 0.1) is 16.7 Å². The van der Waals surface area contributed by atoms with E-state index >= 15 is 0 Å². The Morgan fingerprint density at radius 2 is 1.86 bits per heavy atom. The molecule has 0 aliphatic rings. The quantitative estimate of drug-likeness (QED) is 0.806. The first kappa shape index (κ1) is 16.5. The lowest BCUT2D eigenvalue weighted by Crippen LogP contribution is -2.39. The van der Waals surface area contributed by atoms with Crippen LogP contribution in [-0.2, 0) is 13.1 Å². The van der Waals surface area contributed by atoms with E-state index < -0.39 is 30.4 Å². The summed E-state index contributed by atoms with van der Waals surface area (Å²) in [6.45, 7) is 2.57. The molecule has 0 amide bonds. The zero-order valence-electron chi connectivity index (χ0n) is 11.9. The molecule has 0 bridgehead atoms. The summed E-state index contributed by atoms with van der Waals surface area (Å²) < 4.78 is 39.2. The maximum absolute atomic E-state index is 12.4. The molecule has 0 fully saturated rings. The van der Waals surface area contributed by atoms with Gasteiger partial charge in [-0.25, -0.2) is 4.79 Å². The molecule has 2 aromatic heterocycles. The standard InChI is InChI=1S/C13H13F3N2O3S/c1-3-17-10(20)9-7(2)8(6-19)22-11(9)18(12(17)21)5-4-13(14,15)16/h6H,3-5H2,1-2H3. The van der Waals surface area contributed by atoms with Gasteiger partial charge in [0.25, 0.3) is 5.56 Å². The van der Waals surface area contributed by atoms with E-state index in [9.17, 15) is 27.6 Å². The summed E-state index contributed by atoms with van der Waals surface area (Å²) in [4.78, 5) is 35.9. The van der Waals surface area contributed by atoms with E-state index in [4.69, 9.17) is 0 Å². The molecule has 2 aromatic rings. The topological polar surface area (TPSA) is 61.1 Å². The zero-order chi connectivity index (χ0) is 16.7. The highest BCUT2D eigenvalue weighted by atomic mass is 32.1. The molecule has 22 heavy (non-hydrogen) atoms. The number of fused-ring (bicyclic) bond motifs is 1. The number of nitrogens with zero attached hydrogens (tertiary/aromatic N) is 2. The van der Waals surface area contributed by atoms with Gasteiger partial charge in [0, 0.05) is 13.1 Å². The Hall–Kier alpha value is -1.90. The number of aromatic nitrogens is 2. The van der Waals surface area contributed by atoms with Crippen LogP contribution in [0.15, 0.2) is 9.59 Å². The van der Waals surface area contributed by atoms with Crippen LogP contribution in [0.5, 0.6) is 0 Å². The van der Waals surface area contributed by atoms with Crippen LogP contribution >= 0.6 is 11.3 Å². The molecule has 0 saturated carbocycles. The van der Waals surface area contributed by atoms with Gasteiger partial charge in [0.2, 0.25) is 0 Å². The molecular formula is C13H13F3N2O3S. The summed E-state index contributed by atoms with van der Waals surface area (Å²) in [5, 5.41) is 0.135. The Balaban J connectivity index is 2.81. The lowest BCUT2D eigenvalue weighted by molar-refractivity contribution is -0.136. The van der Waals surface area contributed by atoms with Crippen LogP contribution in [0.25, 0.3) is 10.2 Å². The molecule has 0 atom stereocenters. The first-order chi connectivity index (χ1) is 10.2. The van der Waals surface area contributed by atoms with Gasteiger partial charge in [-0.15, -0.1) is 11.3 Å². The molecular weight excluding hydrogens is 321 g/mol. The molecule has 120 valence electrons. The fourth-order valence-corrected chi connectivity index (χ4v) is 3.37. The highest BCUT2D eigenvalue weighted by molar-refractivity contribution is 7.20. The molecule has 2 heterocycles. The van der Waals surface area contributed by atoms with Gasteiger partial charge < -0.3 is 0 Å². The molecule has 2 rings (SSSR count). The molecule has 0 unspecified atom stereocenters. The van der Waals surface area contributed by atoms with Crippen molar-refractivity contribution in [3.8, 4) is 0 Å². The van der Waals surface area contributed by atoms with Gasteiger partial charge >= 0.3 is 11.9 Å². The van der Waals surface area contributed by atoms with Crippen LogP contribution in [0.4, 0.5) is 13.2 Å². The molecule has 0 aliphatic carbocycles. The first-order valence-electron chi connectivity index (χ1n) is 6.50. The van der Waals surface area contributed by atoms with E-state index in [0.717, 1.165) is 20.5 Å². The average molecular weight is 334 g/mol. The number of carbonyl (C=O) groups excluding carboxylic acids is 1. The van der Waals surface area contributed by atoms with Crippen LogP contribution in [0, 0.1) is 6.92 Å². The minimum atomic E-state index is -4.42. The first-order valence-corrected chi connectivity index (χ1v) is 7.31. The summed E-state index contributed by atoms with van der Waals surface area (Å²) >= 11 is 0.863. The summed E-state index contributed by atoms with van der Waals surface area (Å²) in [6.07, 6.45) is -5.07. The van der Waals surface area contributed by atoms with Crippen molar-refractivity contribution in [3.63, 3.8) is 0 Å². The SMILES string of the molecule is CCn1c(=O)c2c(C)c(C=O)sc2n(CCC(F)(F)F)c1=O. The van der Waals surface area contributed by atoms with Crippen LogP contribution in [0.3, 0.4) is 0 Å². The van der Waals surface area contributed by atoms with Crippen LogP contribution < -0.4 is 11.2 Å². The van der Waals surface area contributed by atoms with Gasteiger partial charge in [-0.05, 0) is 19.4 Å². The lowest BCUT2D eigenvalue weighted by atomic mass is 10.2. The third kappa shape index (κ3) is 2.72. The third-order valence-electron chi connectivity index (χ3n) is 3.37. The maximum atomic E-state index is 12.4. The second kappa shape index (κ2) is 5.71.